The predicted octanol–water partition coefficient (Wildman–Crippen LogP) is 2.44. The Kier molecular flexibility index (Phi) is 4.29. The van der Waals surface area contributed by atoms with Crippen molar-refractivity contribution in [1.82, 2.24) is 10.3 Å². The monoisotopic (exact) mass is 240 g/mol. The van der Waals surface area contributed by atoms with Crippen LogP contribution in [0.15, 0.2) is 10.6 Å². The Hall–Kier alpha value is -0.480. The largest absolute Gasteiger partial charge is 0.445 e. The Balaban J connectivity index is 1.95. The summed E-state index contributed by atoms with van der Waals surface area (Å²) in [6.07, 6.45) is 5.24. The summed E-state index contributed by atoms with van der Waals surface area (Å²) in [5.41, 5.74) is 0. The molecule has 0 amide bonds. The second kappa shape index (κ2) is 5.73. The van der Waals surface area contributed by atoms with Gasteiger partial charge < -0.3 is 9.73 Å². The highest BCUT2D eigenvalue weighted by Gasteiger charge is 2.20. The minimum Gasteiger partial charge on any atom is -0.445 e. The summed E-state index contributed by atoms with van der Waals surface area (Å²) in [5, 5.41) is 3.21. The van der Waals surface area contributed by atoms with Crippen LogP contribution in [-0.2, 0) is 6.42 Å². The van der Waals surface area contributed by atoms with Crippen molar-refractivity contribution in [3.8, 4) is 0 Å². The number of rotatable bonds is 4. The summed E-state index contributed by atoms with van der Waals surface area (Å²) in [6.45, 7) is 2.15. The zero-order valence-corrected chi connectivity index (χ0v) is 10.8. The van der Waals surface area contributed by atoms with Crippen molar-refractivity contribution in [2.45, 2.75) is 38.1 Å². The molecule has 0 bridgehead atoms. The molecule has 1 fully saturated rings. The molecule has 1 unspecified atom stereocenters. The molecule has 4 heteroatoms. The fraction of sp³-hybridized carbons (Fsp3) is 0.750. The second-order valence-electron chi connectivity index (χ2n) is 4.45. The Morgan fingerprint density at radius 1 is 1.56 bits per heavy atom. The lowest BCUT2D eigenvalue weighted by Crippen LogP contribution is -2.23. The second-order valence-corrected chi connectivity index (χ2v) is 5.67. The topological polar surface area (TPSA) is 38.1 Å². The molecule has 90 valence electrons. The van der Waals surface area contributed by atoms with Crippen LogP contribution in [0.25, 0.3) is 0 Å². The number of aromatic nitrogens is 1. The third kappa shape index (κ3) is 3.01. The van der Waals surface area contributed by atoms with Crippen LogP contribution >= 0.6 is 11.8 Å². The van der Waals surface area contributed by atoms with E-state index in [9.17, 15) is 0 Å². The fourth-order valence-electron chi connectivity index (χ4n) is 1.95. The van der Waals surface area contributed by atoms with E-state index in [4.69, 9.17) is 4.42 Å². The number of hydrogen-bond donors (Lipinski definition) is 1. The normalized spacial score (nSPS) is 19.9. The van der Waals surface area contributed by atoms with Gasteiger partial charge in [0, 0.05) is 18.4 Å². The SMILES string of the molecule is CNC(C)Cc1cnc(C2CCSCC2)o1. The smallest absolute Gasteiger partial charge is 0.197 e. The zero-order chi connectivity index (χ0) is 11.4. The van der Waals surface area contributed by atoms with Gasteiger partial charge in [-0.1, -0.05) is 0 Å². The minimum absolute atomic E-state index is 0.447. The van der Waals surface area contributed by atoms with Crippen molar-refractivity contribution in [3.05, 3.63) is 17.8 Å². The Bertz CT molecular complexity index is 321. The molecule has 0 aliphatic carbocycles. The van der Waals surface area contributed by atoms with Crippen LogP contribution in [0.3, 0.4) is 0 Å². The number of nitrogens with one attached hydrogen (secondary N) is 1. The van der Waals surface area contributed by atoms with Crippen molar-refractivity contribution >= 4 is 11.8 Å². The van der Waals surface area contributed by atoms with Crippen molar-refractivity contribution in [2.75, 3.05) is 18.6 Å². The first-order valence-corrected chi connectivity index (χ1v) is 7.14. The third-order valence-corrected chi connectivity index (χ3v) is 4.19. The number of likely N-dealkylation sites (N-methyl/N-ethyl adjacent to an activating group) is 1. The van der Waals surface area contributed by atoms with Crippen LogP contribution in [0, 0.1) is 0 Å². The van der Waals surface area contributed by atoms with Gasteiger partial charge in [0.05, 0.1) is 6.20 Å². The first-order valence-electron chi connectivity index (χ1n) is 5.99. The van der Waals surface area contributed by atoms with Gasteiger partial charge in [-0.15, -0.1) is 0 Å². The van der Waals surface area contributed by atoms with E-state index in [-0.39, 0.29) is 0 Å². The van der Waals surface area contributed by atoms with Crippen molar-refractivity contribution < 1.29 is 4.42 Å². The molecule has 0 spiro atoms. The summed E-state index contributed by atoms with van der Waals surface area (Å²) in [6, 6.07) is 0.447. The highest BCUT2D eigenvalue weighted by molar-refractivity contribution is 7.99. The number of thioether (sulfide) groups is 1. The van der Waals surface area contributed by atoms with Gasteiger partial charge in [0.2, 0.25) is 0 Å². The molecule has 16 heavy (non-hydrogen) atoms. The number of oxazole rings is 1. The van der Waals surface area contributed by atoms with Crippen LogP contribution in [0.2, 0.25) is 0 Å². The van der Waals surface area contributed by atoms with E-state index < -0.39 is 0 Å². The van der Waals surface area contributed by atoms with Gasteiger partial charge in [-0.05, 0) is 38.3 Å². The molecule has 1 aliphatic heterocycles. The summed E-state index contributed by atoms with van der Waals surface area (Å²) in [4.78, 5) is 4.42. The Morgan fingerprint density at radius 2 is 2.31 bits per heavy atom. The van der Waals surface area contributed by atoms with E-state index in [1.807, 2.05) is 25.0 Å². The average Bonchev–Trinajstić information content (AvgIpc) is 2.78. The molecule has 0 radical (unpaired) electrons. The first kappa shape index (κ1) is 12.0. The maximum atomic E-state index is 5.84. The van der Waals surface area contributed by atoms with Crippen LogP contribution in [0.4, 0.5) is 0 Å². The van der Waals surface area contributed by atoms with E-state index in [1.54, 1.807) is 0 Å². The summed E-state index contributed by atoms with van der Waals surface area (Å²) in [5.74, 6) is 5.01. The van der Waals surface area contributed by atoms with E-state index >= 15 is 0 Å². The average molecular weight is 240 g/mol. The quantitative estimate of drug-likeness (QED) is 0.877. The Labute approximate surface area is 101 Å². The maximum Gasteiger partial charge on any atom is 0.197 e. The van der Waals surface area contributed by atoms with Crippen LogP contribution < -0.4 is 5.32 Å². The van der Waals surface area contributed by atoms with Crippen molar-refractivity contribution in [3.63, 3.8) is 0 Å². The molecule has 1 aromatic rings. The lowest BCUT2D eigenvalue weighted by Gasteiger charge is -2.17. The van der Waals surface area contributed by atoms with Gasteiger partial charge >= 0.3 is 0 Å². The fourth-order valence-corrected chi connectivity index (χ4v) is 3.06. The molecule has 1 aliphatic rings. The standard InChI is InChI=1S/C12H20N2OS/c1-9(13-2)7-11-8-14-12(15-11)10-3-5-16-6-4-10/h8-10,13H,3-7H2,1-2H3. The summed E-state index contributed by atoms with van der Waals surface area (Å²) >= 11 is 2.03. The maximum absolute atomic E-state index is 5.84. The number of hydrogen-bond acceptors (Lipinski definition) is 4. The van der Waals surface area contributed by atoms with Gasteiger partial charge in [0.25, 0.3) is 0 Å². The lowest BCUT2D eigenvalue weighted by atomic mass is 10.0. The van der Waals surface area contributed by atoms with Gasteiger partial charge in [-0.25, -0.2) is 4.98 Å². The molecule has 1 aromatic heterocycles. The molecule has 3 nitrogen and oxygen atoms in total. The molecule has 1 saturated heterocycles. The molecule has 1 N–H and O–H groups in total. The molecule has 2 heterocycles. The highest BCUT2D eigenvalue weighted by Crippen LogP contribution is 2.31. The molecule has 0 aromatic carbocycles. The first-order chi connectivity index (χ1) is 7.79. The van der Waals surface area contributed by atoms with E-state index in [0.29, 0.717) is 12.0 Å². The van der Waals surface area contributed by atoms with Crippen molar-refractivity contribution in [1.29, 1.82) is 0 Å². The Morgan fingerprint density at radius 3 is 3.00 bits per heavy atom. The summed E-state index contributed by atoms with van der Waals surface area (Å²) in [7, 11) is 1.97. The van der Waals surface area contributed by atoms with Gasteiger partial charge in [-0.2, -0.15) is 11.8 Å². The van der Waals surface area contributed by atoms with Crippen LogP contribution in [-0.4, -0.2) is 29.6 Å². The molecular weight excluding hydrogens is 220 g/mol. The number of nitrogens with zero attached hydrogens (tertiary/aromatic N) is 1. The van der Waals surface area contributed by atoms with E-state index in [1.165, 1.54) is 24.3 Å². The molecular formula is C12H20N2OS. The molecule has 2 rings (SSSR count). The van der Waals surface area contributed by atoms with E-state index in [2.05, 4.69) is 17.2 Å². The van der Waals surface area contributed by atoms with Crippen LogP contribution in [0.1, 0.15) is 37.3 Å². The predicted molar refractivity (Wildman–Crippen MR) is 68.0 cm³/mol. The highest BCUT2D eigenvalue weighted by atomic mass is 32.2. The molecule has 1 atom stereocenters. The van der Waals surface area contributed by atoms with Gasteiger partial charge in [0.15, 0.2) is 5.89 Å². The van der Waals surface area contributed by atoms with Crippen molar-refractivity contribution in [2.24, 2.45) is 0 Å². The zero-order valence-electron chi connectivity index (χ0n) is 10.0. The van der Waals surface area contributed by atoms with E-state index in [0.717, 1.165) is 18.1 Å². The molecule has 0 saturated carbocycles. The van der Waals surface area contributed by atoms with Crippen LogP contribution in [0.5, 0.6) is 0 Å². The van der Waals surface area contributed by atoms with Gasteiger partial charge in [0.1, 0.15) is 5.76 Å². The summed E-state index contributed by atoms with van der Waals surface area (Å²) < 4.78 is 5.84. The third-order valence-electron chi connectivity index (χ3n) is 3.14. The minimum atomic E-state index is 0.447. The lowest BCUT2D eigenvalue weighted by molar-refractivity contribution is 0.394. The van der Waals surface area contributed by atoms with Gasteiger partial charge in [-0.3, -0.25) is 0 Å².